The van der Waals surface area contributed by atoms with Gasteiger partial charge in [-0.3, -0.25) is 0 Å². The van der Waals surface area contributed by atoms with Crippen LogP contribution in [0.2, 0.25) is 0 Å². The van der Waals surface area contributed by atoms with Gasteiger partial charge in [0.05, 0.1) is 17.1 Å². The molecular weight excluding hydrogens is 705 g/mol. The van der Waals surface area contributed by atoms with E-state index in [1.165, 1.54) is 33.3 Å². The Morgan fingerprint density at radius 3 is 1.81 bits per heavy atom. The second kappa shape index (κ2) is 13.4. The van der Waals surface area contributed by atoms with Crippen molar-refractivity contribution in [3.8, 4) is 22.3 Å². The van der Waals surface area contributed by atoms with Crippen LogP contribution in [-0.2, 0) is 5.41 Å². The van der Waals surface area contributed by atoms with Crippen molar-refractivity contribution in [3.05, 3.63) is 217 Å². The fraction of sp³-hybridized carbons (Fsp3) is 0.0545. The molecule has 3 nitrogen and oxygen atoms in total. The third-order valence-corrected chi connectivity index (χ3v) is 12.0. The summed E-state index contributed by atoms with van der Waals surface area (Å²) in [4.78, 5) is 4.84. The fourth-order valence-electron chi connectivity index (χ4n) is 9.21. The van der Waals surface area contributed by atoms with Crippen LogP contribution in [0.1, 0.15) is 25.0 Å². The van der Waals surface area contributed by atoms with Crippen LogP contribution in [0.3, 0.4) is 0 Å². The number of fused-ring (bicyclic) bond motifs is 6. The monoisotopic (exact) mass is 744 g/mol. The lowest BCUT2D eigenvalue weighted by atomic mass is 9.73. The molecule has 1 aliphatic rings. The van der Waals surface area contributed by atoms with Crippen molar-refractivity contribution in [2.24, 2.45) is 0 Å². The maximum Gasteiger partial charge on any atom is 0.143 e. The van der Waals surface area contributed by atoms with Gasteiger partial charge < -0.3 is 14.2 Å². The van der Waals surface area contributed by atoms with E-state index >= 15 is 0 Å². The number of hydrogen-bond donors (Lipinski definition) is 0. The summed E-state index contributed by atoms with van der Waals surface area (Å²) in [6, 6.07) is 74.3. The molecule has 3 heteroatoms. The van der Waals surface area contributed by atoms with Gasteiger partial charge in [-0.2, -0.15) is 0 Å². The zero-order valence-corrected chi connectivity index (χ0v) is 32.4. The summed E-state index contributed by atoms with van der Waals surface area (Å²) in [5.41, 5.74) is 15.5. The summed E-state index contributed by atoms with van der Waals surface area (Å²) >= 11 is 0. The second-order valence-electron chi connectivity index (χ2n) is 15.7. The van der Waals surface area contributed by atoms with Crippen molar-refractivity contribution in [2.75, 3.05) is 9.80 Å². The van der Waals surface area contributed by atoms with Gasteiger partial charge in [0.15, 0.2) is 0 Å². The van der Waals surface area contributed by atoms with E-state index in [-0.39, 0.29) is 5.41 Å². The van der Waals surface area contributed by atoms with Crippen LogP contribution in [0, 0.1) is 0 Å². The average Bonchev–Trinajstić information content (AvgIpc) is 3.67. The van der Waals surface area contributed by atoms with E-state index in [9.17, 15) is 0 Å². The Hall–Kier alpha value is -7.36. The number of hydrogen-bond acceptors (Lipinski definition) is 3. The summed E-state index contributed by atoms with van der Waals surface area (Å²) in [5, 5.41) is 4.63. The lowest BCUT2D eigenvalue weighted by Gasteiger charge is -2.43. The molecule has 2 heterocycles. The van der Waals surface area contributed by atoms with Crippen molar-refractivity contribution >= 4 is 66.8 Å². The molecule has 0 aliphatic carbocycles. The lowest BCUT2D eigenvalue weighted by Crippen LogP contribution is -2.31. The first-order valence-electron chi connectivity index (χ1n) is 20.0. The van der Waals surface area contributed by atoms with Crippen molar-refractivity contribution < 1.29 is 4.42 Å². The molecule has 0 N–H and O–H groups in total. The summed E-state index contributed by atoms with van der Waals surface area (Å²) in [5.74, 6) is 0. The van der Waals surface area contributed by atoms with E-state index in [1.54, 1.807) is 0 Å². The molecule has 0 bridgehead atoms. The highest BCUT2D eigenvalue weighted by molar-refractivity contribution is 6.14. The molecule has 0 fully saturated rings. The maximum absolute atomic E-state index is 6.70. The highest BCUT2D eigenvalue weighted by Crippen LogP contribution is 2.56. The Labute approximate surface area is 338 Å². The number of benzene rings is 9. The van der Waals surface area contributed by atoms with E-state index in [0.717, 1.165) is 66.9 Å². The van der Waals surface area contributed by atoms with Crippen molar-refractivity contribution in [2.45, 2.75) is 19.3 Å². The van der Waals surface area contributed by atoms with Gasteiger partial charge in [0.1, 0.15) is 11.2 Å². The van der Waals surface area contributed by atoms with Gasteiger partial charge >= 0.3 is 0 Å². The highest BCUT2D eigenvalue weighted by Gasteiger charge is 2.38. The first-order valence-corrected chi connectivity index (χ1v) is 20.0. The smallest absolute Gasteiger partial charge is 0.143 e. The predicted octanol–water partition coefficient (Wildman–Crippen LogP) is 15.7. The normalized spacial score (nSPS) is 13.1. The Kier molecular flexibility index (Phi) is 7.84. The zero-order chi connectivity index (χ0) is 38.8. The Morgan fingerprint density at radius 1 is 0.431 bits per heavy atom. The number of rotatable bonds is 6. The Balaban J connectivity index is 1.12. The van der Waals surface area contributed by atoms with Crippen LogP contribution < -0.4 is 9.80 Å². The molecule has 0 saturated carbocycles. The second-order valence-corrected chi connectivity index (χ2v) is 15.7. The summed E-state index contributed by atoms with van der Waals surface area (Å²) in [7, 11) is 0. The zero-order valence-electron chi connectivity index (χ0n) is 32.4. The van der Waals surface area contributed by atoms with Crippen LogP contribution in [0.25, 0.3) is 55.0 Å². The predicted molar refractivity (Wildman–Crippen MR) is 244 cm³/mol. The molecule has 10 aromatic rings. The third-order valence-electron chi connectivity index (χ3n) is 12.0. The standard InChI is InChI=1S/C55H40N2O/c1-55(2)48-25-12-13-26-50(48)57(53-43-21-10-9-16-38(43)30-34-45(53)47-24-15-23-46-44-22-11-14-27-52(44)58-54(46)47)51-36-39(31-35-49(51)55)37-28-32-42(33-29-37)56(40-17-5-3-6-18-40)41-19-7-4-8-20-41/h3-36H,1-2H3. The molecule has 58 heavy (non-hydrogen) atoms. The average molecular weight is 745 g/mol. The molecule has 9 aromatic carbocycles. The molecule has 1 aliphatic heterocycles. The SMILES string of the molecule is CC1(C)c2ccccc2N(c2c(-c3cccc4c3oc3ccccc34)ccc3ccccc23)c2cc(-c3ccc(N(c4ccccc4)c4ccccc4)cc3)ccc21. The van der Waals surface area contributed by atoms with Crippen LogP contribution >= 0.6 is 0 Å². The molecule has 0 unspecified atom stereocenters. The van der Waals surface area contributed by atoms with Gasteiger partial charge in [0.2, 0.25) is 0 Å². The molecule has 0 spiro atoms. The lowest BCUT2D eigenvalue weighted by molar-refractivity contribution is 0.632. The van der Waals surface area contributed by atoms with Gasteiger partial charge in [-0.15, -0.1) is 0 Å². The Bertz CT molecular complexity index is 3100. The number of para-hydroxylation sites is 5. The Morgan fingerprint density at radius 2 is 1.03 bits per heavy atom. The van der Waals surface area contributed by atoms with E-state index in [1.807, 2.05) is 6.07 Å². The van der Waals surface area contributed by atoms with Crippen molar-refractivity contribution in [1.82, 2.24) is 0 Å². The maximum atomic E-state index is 6.70. The van der Waals surface area contributed by atoms with E-state index in [0.29, 0.717) is 0 Å². The summed E-state index contributed by atoms with van der Waals surface area (Å²) in [6.45, 7) is 4.72. The molecule has 0 radical (unpaired) electrons. The van der Waals surface area contributed by atoms with Gasteiger partial charge in [-0.25, -0.2) is 0 Å². The van der Waals surface area contributed by atoms with Gasteiger partial charge in [0, 0.05) is 49.8 Å². The van der Waals surface area contributed by atoms with Crippen LogP contribution in [0.5, 0.6) is 0 Å². The van der Waals surface area contributed by atoms with E-state index < -0.39 is 0 Å². The third kappa shape index (κ3) is 5.35. The molecule has 0 amide bonds. The fourth-order valence-corrected chi connectivity index (χ4v) is 9.21. The van der Waals surface area contributed by atoms with Gasteiger partial charge in [0.25, 0.3) is 0 Å². The summed E-state index contributed by atoms with van der Waals surface area (Å²) in [6.07, 6.45) is 0. The van der Waals surface area contributed by atoms with E-state index in [2.05, 4.69) is 224 Å². The van der Waals surface area contributed by atoms with Crippen LogP contribution in [-0.4, -0.2) is 0 Å². The molecule has 11 rings (SSSR count). The van der Waals surface area contributed by atoms with Gasteiger partial charge in [-0.05, 0) is 82.2 Å². The number of anilines is 6. The molecule has 276 valence electrons. The largest absolute Gasteiger partial charge is 0.455 e. The van der Waals surface area contributed by atoms with Crippen LogP contribution in [0.4, 0.5) is 34.1 Å². The minimum Gasteiger partial charge on any atom is -0.455 e. The van der Waals surface area contributed by atoms with Gasteiger partial charge in [-0.1, -0.05) is 166 Å². The quantitative estimate of drug-likeness (QED) is 0.169. The first kappa shape index (κ1) is 33.9. The first-order chi connectivity index (χ1) is 28.5. The summed E-state index contributed by atoms with van der Waals surface area (Å²) < 4.78 is 6.70. The highest BCUT2D eigenvalue weighted by atomic mass is 16.3. The van der Waals surface area contributed by atoms with Crippen LogP contribution in [0.15, 0.2) is 211 Å². The number of nitrogens with zero attached hydrogens (tertiary/aromatic N) is 2. The molecule has 0 atom stereocenters. The van der Waals surface area contributed by atoms with E-state index in [4.69, 9.17) is 4.42 Å². The number of furan rings is 1. The van der Waals surface area contributed by atoms with Crippen molar-refractivity contribution in [1.29, 1.82) is 0 Å². The molecular formula is C55H40N2O. The minimum atomic E-state index is -0.236. The topological polar surface area (TPSA) is 19.6 Å². The molecule has 0 saturated heterocycles. The minimum absolute atomic E-state index is 0.236. The van der Waals surface area contributed by atoms with Crippen molar-refractivity contribution in [3.63, 3.8) is 0 Å². The molecule has 1 aromatic heterocycles.